The maximum Gasteiger partial charge on any atom is 0.0449 e. The Kier molecular flexibility index (Phi) is 6.81. The molecule has 3 heteroatoms. The lowest BCUT2D eigenvalue weighted by atomic mass is 10.1. The van der Waals surface area contributed by atoms with Gasteiger partial charge in [-0.25, -0.2) is 0 Å². The van der Waals surface area contributed by atoms with Crippen LogP contribution in [0.2, 0.25) is 0 Å². The molecule has 0 fully saturated rings. The first-order chi connectivity index (χ1) is 10.2. The van der Waals surface area contributed by atoms with Crippen LogP contribution >= 0.6 is 34.4 Å². The van der Waals surface area contributed by atoms with Crippen LogP contribution in [0.15, 0.2) is 47.7 Å². The Bertz CT molecular complexity index is 575. The first-order valence-corrected chi connectivity index (χ1v) is 9.90. The molecule has 0 nitrogen and oxygen atoms in total. The summed E-state index contributed by atoms with van der Waals surface area (Å²) in [6.45, 7) is 10.6. The number of thiophene rings is 2. The number of rotatable bonds is 9. The SMILES string of the molecule is C=C(CCCCCC)SC(=C)c1ccc(-c2cccs2)s1. The molecular weight excluding hydrogens is 312 g/mol. The summed E-state index contributed by atoms with van der Waals surface area (Å²) in [6.07, 6.45) is 6.27. The fourth-order valence-corrected chi connectivity index (χ4v) is 4.78. The Morgan fingerprint density at radius 3 is 2.67 bits per heavy atom. The summed E-state index contributed by atoms with van der Waals surface area (Å²) in [6, 6.07) is 8.64. The predicted molar refractivity (Wildman–Crippen MR) is 102 cm³/mol. The lowest BCUT2D eigenvalue weighted by Gasteiger charge is -2.06. The first kappa shape index (κ1) is 16.6. The molecule has 0 unspecified atom stereocenters. The fourth-order valence-electron chi connectivity index (χ4n) is 2.06. The van der Waals surface area contributed by atoms with Crippen LogP contribution in [0.3, 0.4) is 0 Å². The Hall–Kier alpha value is -0.770. The number of thioether (sulfide) groups is 1. The highest BCUT2D eigenvalue weighted by Gasteiger charge is 2.08. The van der Waals surface area contributed by atoms with Crippen LogP contribution in [0.1, 0.15) is 43.9 Å². The standard InChI is InChI=1S/C18H22S3/c1-4-5-6-7-9-14(2)20-15(3)16-11-12-18(21-16)17-10-8-13-19-17/h8,10-13H,2-7,9H2,1H3. The second kappa shape index (κ2) is 8.62. The second-order valence-corrected chi connectivity index (χ2v) is 8.32. The number of hydrogen-bond acceptors (Lipinski definition) is 3. The van der Waals surface area contributed by atoms with E-state index in [-0.39, 0.29) is 0 Å². The molecule has 0 radical (unpaired) electrons. The highest BCUT2D eigenvalue weighted by atomic mass is 32.2. The molecular formula is C18H22S3. The van der Waals surface area contributed by atoms with E-state index in [4.69, 9.17) is 0 Å². The monoisotopic (exact) mass is 334 g/mol. The number of allylic oxidation sites excluding steroid dienone is 1. The van der Waals surface area contributed by atoms with Crippen molar-refractivity contribution < 1.29 is 0 Å². The van der Waals surface area contributed by atoms with Crippen LogP contribution in [-0.4, -0.2) is 0 Å². The van der Waals surface area contributed by atoms with Crippen LogP contribution < -0.4 is 0 Å². The summed E-state index contributed by atoms with van der Waals surface area (Å²) in [5.74, 6) is 0. The Morgan fingerprint density at radius 2 is 1.95 bits per heavy atom. The van der Waals surface area contributed by atoms with Crippen molar-refractivity contribution in [1.82, 2.24) is 0 Å². The summed E-state index contributed by atoms with van der Waals surface area (Å²) in [7, 11) is 0. The van der Waals surface area contributed by atoms with Crippen LogP contribution in [0.5, 0.6) is 0 Å². The third kappa shape index (κ3) is 5.17. The fraction of sp³-hybridized carbons (Fsp3) is 0.333. The molecule has 112 valence electrons. The molecule has 21 heavy (non-hydrogen) atoms. The van der Waals surface area contributed by atoms with Crippen molar-refractivity contribution in [3.8, 4) is 9.75 Å². The van der Waals surface area contributed by atoms with Crippen molar-refractivity contribution >= 4 is 39.3 Å². The quantitative estimate of drug-likeness (QED) is 0.424. The molecule has 0 N–H and O–H groups in total. The largest absolute Gasteiger partial charge is 0.143 e. The molecule has 0 aliphatic carbocycles. The van der Waals surface area contributed by atoms with E-state index in [0.717, 1.165) is 11.3 Å². The van der Waals surface area contributed by atoms with E-state index >= 15 is 0 Å². The minimum atomic E-state index is 1.10. The molecule has 0 saturated heterocycles. The maximum absolute atomic E-state index is 4.22. The average Bonchev–Trinajstić information content (AvgIpc) is 3.13. The third-order valence-corrected chi connectivity index (χ3v) is 6.52. The van der Waals surface area contributed by atoms with Gasteiger partial charge in [-0.05, 0) is 41.3 Å². The van der Waals surface area contributed by atoms with Gasteiger partial charge in [-0.2, -0.15) is 0 Å². The van der Waals surface area contributed by atoms with Gasteiger partial charge in [-0.15, -0.1) is 22.7 Å². The van der Waals surface area contributed by atoms with E-state index < -0.39 is 0 Å². The van der Waals surface area contributed by atoms with Crippen LogP contribution in [0.25, 0.3) is 14.7 Å². The molecule has 2 rings (SSSR count). The van der Waals surface area contributed by atoms with Crippen molar-refractivity contribution in [3.05, 3.63) is 52.6 Å². The lowest BCUT2D eigenvalue weighted by Crippen LogP contribution is -1.80. The van der Waals surface area contributed by atoms with E-state index in [1.807, 2.05) is 11.3 Å². The Morgan fingerprint density at radius 1 is 1.10 bits per heavy atom. The minimum Gasteiger partial charge on any atom is -0.143 e. The summed E-state index contributed by atoms with van der Waals surface area (Å²) >= 11 is 5.35. The van der Waals surface area contributed by atoms with Crippen LogP contribution in [-0.2, 0) is 0 Å². The molecule has 0 aromatic carbocycles. The first-order valence-electron chi connectivity index (χ1n) is 7.39. The highest BCUT2D eigenvalue weighted by Crippen LogP contribution is 2.40. The predicted octanol–water partition coefficient (Wildman–Crippen LogP) is 7.66. The molecule has 2 aromatic rings. The molecule has 0 spiro atoms. The van der Waals surface area contributed by atoms with Crippen LogP contribution in [0.4, 0.5) is 0 Å². The van der Waals surface area contributed by atoms with E-state index in [1.54, 1.807) is 23.1 Å². The molecule has 2 aromatic heterocycles. The number of unbranched alkanes of at least 4 members (excludes halogenated alkanes) is 3. The van der Waals surface area contributed by atoms with Gasteiger partial charge in [0, 0.05) is 19.5 Å². The van der Waals surface area contributed by atoms with E-state index in [2.05, 4.69) is 49.7 Å². The summed E-state index contributed by atoms with van der Waals surface area (Å²) in [5.41, 5.74) is 0. The molecule has 0 atom stereocenters. The minimum absolute atomic E-state index is 1.10. The van der Waals surface area contributed by atoms with Gasteiger partial charge < -0.3 is 0 Å². The molecule has 0 aliphatic rings. The third-order valence-electron chi connectivity index (χ3n) is 3.22. The molecule has 0 aliphatic heterocycles. The zero-order valence-electron chi connectivity index (χ0n) is 12.6. The topological polar surface area (TPSA) is 0 Å². The smallest absolute Gasteiger partial charge is 0.0449 e. The van der Waals surface area contributed by atoms with Gasteiger partial charge in [0.2, 0.25) is 0 Å². The van der Waals surface area contributed by atoms with Gasteiger partial charge in [0.25, 0.3) is 0 Å². The van der Waals surface area contributed by atoms with Crippen molar-refractivity contribution in [2.75, 3.05) is 0 Å². The van der Waals surface area contributed by atoms with Gasteiger partial charge in [-0.1, -0.05) is 57.2 Å². The Labute approximate surface area is 140 Å². The van der Waals surface area contributed by atoms with Gasteiger partial charge >= 0.3 is 0 Å². The normalized spacial score (nSPS) is 10.7. The van der Waals surface area contributed by atoms with Crippen molar-refractivity contribution in [3.63, 3.8) is 0 Å². The van der Waals surface area contributed by atoms with Crippen molar-refractivity contribution in [2.24, 2.45) is 0 Å². The van der Waals surface area contributed by atoms with Gasteiger partial charge in [0.1, 0.15) is 0 Å². The number of hydrogen-bond donors (Lipinski definition) is 0. The zero-order valence-corrected chi connectivity index (χ0v) is 15.0. The molecule has 0 amide bonds. The van der Waals surface area contributed by atoms with E-state index in [9.17, 15) is 0 Å². The lowest BCUT2D eigenvalue weighted by molar-refractivity contribution is 0.672. The zero-order chi connectivity index (χ0) is 15.1. The van der Waals surface area contributed by atoms with Gasteiger partial charge in [0.15, 0.2) is 0 Å². The van der Waals surface area contributed by atoms with Crippen LogP contribution in [0, 0.1) is 0 Å². The summed E-state index contributed by atoms with van der Waals surface area (Å²) < 4.78 is 0. The van der Waals surface area contributed by atoms with Gasteiger partial charge in [-0.3, -0.25) is 0 Å². The molecule has 0 bridgehead atoms. The molecule has 0 saturated carbocycles. The Balaban J connectivity index is 1.85. The average molecular weight is 335 g/mol. The van der Waals surface area contributed by atoms with E-state index in [1.165, 1.54) is 45.2 Å². The van der Waals surface area contributed by atoms with E-state index in [0.29, 0.717) is 0 Å². The van der Waals surface area contributed by atoms with Crippen molar-refractivity contribution in [2.45, 2.75) is 39.0 Å². The second-order valence-electron chi connectivity index (χ2n) is 5.02. The highest BCUT2D eigenvalue weighted by molar-refractivity contribution is 8.11. The summed E-state index contributed by atoms with van der Waals surface area (Å²) in [4.78, 5) is 6.29. The van der Waals surface area contributed by atoms with Crippen molar-refractivity contribution in [1.29, 1.82) is 0 Å². The molecule has 2 heterocycles. The maximum atomic E-state index is 4.22. The summed E-state index contributed by atoms with van der Waals surface area (Å²) in [5, 5.41) is 2.12. The van der Waals surface area contributed by atoms with Gasteiger partial charge in [0.05, 0.1) is 0 Å².